The summed E-state index contributed by atoms with van der Waals surface area (Å²) in [6.45, 7) is 19.2. The van der Waals surface area contributed by atoms with Crippen molar-refractivity contribution in [3.05, 3.63) is 48.3 Å². The van der Waals surface area contributed by atoms with Crippen LogP contribution in [0.15, 0.2) is 47.9 Å². The largest absolute Gasteiger partial charge is 0.448 e. The molecule has 0 bridgehead atoms. The number of H-pyrrole nitrogens is 1. The zero-order valence-corrected chi connectivity index (χ0v) is 44.6. The van der Waals surface area contributed by atoms with Crippen molar-refractivity contribution in [2.45, 2.75) is 153 Å². The second kappa shape index (κ2) is 26.1. The summed E-state index contributed by atoms with van der Waals surface area (Å²) < 4.78 is 17.2. The highest BCUT2D eigenvalue weighted by molar-refractivity contribution is 8.77. The molecule has 1 aromatic carbocycles. The molecule has 1 aliphatic rings. The summed E-state index contributed by atoms with van der Waals surface area (Å²) in [6, 6.07) is 5.67. The lowest BCUT2D eigenvalue weighted by Gasteiger charge is -2.41. The number of aromatic nitrogens is 4. The maximum absolute atomic E-state index is 14.7. The van der Waals surface area contributed by atoms with Gasteiger partial charge in [-0.25, -0.2) is 19.7 Å². The fourth-order valence-corrected chi connectivity index (χ4v) is 10.9. The van der Waals surface area contributed by atoms with Gasteiger partial charge in [0.25, 0.3) is 0 Å². The van der Waals surface area contributed by atoms with E-state index in [1.165, 1.54) is 47.8 Å². The van der Waals surface area contributed by atoms with Crippen molar-refractivity contribution < 1.29 is 43.3 Å². The van der Waals surface area contributed by atoms with E-state index in [-0.39, 0.29) is 48.5 Å². The Balaban J connectivity index is 1.42. The zero-order valence-electron chi connectivity index (χ0n) is 42.9. The van der Waals surface area contributed by atoms with E-state index in [1.807, 2.05) is 73.6 Å². The van der Waals surface area contributed by atoms with Crippen molar-refractivity contribution in [3.63, 3.8) is 0 Å². The highest BCUT2D eigenvalue weighted by Crippen LogP contribution is 2.40. The second-order valence-corrected chi connectivity index (χ2v) is 22.3. The smallest absolute Gasteiger partial charge is 0.410 e. The molecule has 4 rings (SSSR count). The molecule has 384 valence electrons. The minimum absolute atomic E-state index is 0.0391. The quantitative estimate of drug-likeness (QED) is 0.0689. The van der Waals surface area contributed by atoms with E-state index in [4.69, 9.17) is 14.2 Å². The van der Waals surface area contributed by atoms with Crippen LogP contribution in [0.25, 0.3) is 11.3 Å². The van der Waals surface area contributed by atoms with Crippen LogP contribution in [-0.2, 0) is 33.4 Å². The molecule has 1 aliphatic heterocycles. The lowest BCUT2D eigenvalue weighted by atomic mass is 9.89. The van der Waals surface area contributed by atoms with Gasteiger partial charge in [0.05, 0.1) is 53.5 Å². The number of hydrogen-bond donors (Lipinski definition) is 4. The molecule has 2 aromatic heterocycles. The number of rotatable bonds is 25. The van der Waals surface area contributed by atoms with Crippen LogP contribution in [0.4, 0.5) is 4.79 Å². The number of nitrogens with one attached hydrogen (secondary N) is 3. The van der Waals surface area contributed by atoms with E-state index in [0.717, 1.165) is 6.42 Å². The number of likely N-dealkylation sites (N-methyl/N-ethyl adjacent to an activating group) is 2. The monoisotopic (exact) mass is 1000 g/mol. The SMILES string of the molecule is CC[C@H](C)[C@@H]([C@@H](CC(=O)N1CCC[C@H]1[C@H](OC)[C@@H](C)C(=O)N[C@H](C)[C@@H](O)c1ccccc1)OC)N(C)C(=O)[C@@H](NC(=O)[C@H](C(C)C)N(C)C(=O)OCC(C)(C)SSc1nc2nccnc2[nH]1)C(C)C. The minimum atomic E-state index is -0.974. The molecular weight excluding hydrogens is 923 g/mol. The Bertz CT molecular complexity index is 2110. The number of fused-ring (bicyclic) bond motifs is 1. The summed E-state index contributed by atoms with van der Waals surface area (Å²) in [5.41, 5.74) is 1.77. The van der Waals surface area contributed by atoms with Crippen LogP contribution < -0.4 is 10.6 Å². The van der Waals surface area contributed by atoms with Gasteiger partial charge in [0.15, 0.2) is 16.5 Å². The predicted octanol–water partition coefficient (Wildman–Crippen LogP) is 6.26. The van der Waals surface area contributed by atoms with Crippen molar-refractivity contribution in [2.75, 3.05) is 41.5 Å². The van der Waals surface area contributed by atoms with E-state index in [2.05, 4.69) is 30.6 Å². The number of methoxy groups -OCH3 is 2. The van der Waals surface area contributed by atoms with Gasteiger partial charge in [0.2, 0.25) is 23.6 Å². The van der Waals surface area contributed by atoms with E-state index < -0.39 is 71.2 Å². The van der Waals surface area contributed by atoms with Crippen LogP contribution in [0.3, 0.4) is 0 Å². The normalized spacial score (nSPS) is 18.2. The molecule has 1 fully saturated rings. The number of aliphatic hydroxyl groups excluding tert-OH is 1. The average molecular weight is 1000 g/mol. The molecule has 0 spiro atoms. The van der Waals surface area contributed by atoms with Gasteiger partial charge in [-0.3, -0.25) is 24.1 Å². The predicted molar refractivity (Wildman–Crippen MR) is 269 cm³/mol. The van der Waals surface area contributed by atoms with Gasteiger partial charge in [-0.05, 0) is 67.7 Å². The number of hydrogen-bond acceptors (Lipinski definition) is 14. The third-order valence-corrected chi connectivity index (χ3v) is 16.2. The average Bonchev–Trinajstić information content (AvgIpc) is 3.99. The molecular formula is C49H77N9O9S2. The van der Waals surface area contributed by atoms with E-state index in [0.29, 0.717) is 41.4 Å². The van der Waals surface area contributed by atoms with Gasteiger partial charge in [-0.2, -0.15) is 0 Å². The Morgan fingerprint density at radius 2 is 1.59 bits per heavy atom. The lowest BCUT2D eigenvalue weighted by molar-refractivity contribution is -0.148. The highest BCUT2D eigenvalue weighted by atomic mass is 33.1. The second-order valence-electron chi connectivity index (χ2n) is 19.5. The molecule has 3 aromatic rings. The first kappa shape index (κ1) is 57.1. The van der Waals surface area contributed by atoms with Crippen molar-refractivity contribution in [1.29, 1.82) is 0 Å². The van der Waals surface area contributed by atoms with Gasteiger partial charge in [0.1, 0.15) is 18.7 Å². The number of imidazole rings is 1. The Morgan fingerprint density at radius 3 is 2.19 bits per heavy atom. The van der Waals surface area contributed by atoms with Crippen LogP contribution >= 0.6 is 21.6 Å². The number of benzene rings is 1. The maximum Gasteiger partial charge on any atom is 0.410 e. The van der Waals surface area contributed by atoms with Gasteiger partial charge >= 0.3 is 6.09 Å². The number of aliphatic hydroxyl groups is 1. The molecule has 10 atom stereocenters. The molecule has 0 aliphatic carbocycles. The molecule has 4 N–H and O–H groups in total. The van der Waals surface area contributed by atoms with Gasteiger partial charge in [-0.1, -0.05) is 96.0 Å². The van der Waals surface area contributed by atoms with Crippen LogP contribution in [0, 0.1) is 23.7 Å². The van der Waals surface area contributed by atoms with Crippen molar-refractivity contribution in [1.82, 2.24) is 45.3 Å². The summed E-state index contributed by atoms with van der Waals surface area (Å²) in [4.78, 5) is 91.0. The number of nitrogens with zero attached hydrogens (tertiary/aromatic N) is 6. The number of likely N-dealkylation sites (tertiary alicyclic amines) is 1. The summed E-state index contributed by atoms with van der Waals surface area (Å²) in [5.74, 6) is -2.79. The van der Waals surface area contributed by atoms with Gasteiger partial charge in [-0.15, -0.1) is 0 Å². The molecule has 20 heteroatoms. The van der Waals surface area contributed by atoms with Crippen molar-refractivity contribution >= 4 is 62.6 Å². The van der Waals surface area contributed by atoms with Gasteiger partial charge < -0.3 is 44.7 Å². The highest BCUT2D eigenvalue weighted by Gasteiger charge is 2.44. The first-order chi connectivity index (χ1) is 32.6. The molecule has 3 heterocycles. The molecule has 18 nitrogen and oxygen atoms in total. The first-order valence-corrected chi connectivity index (χ1v) is 26.1. The summed E-state index contributed by atoms with van der Waals surface area (Å²) >= 11 is 0. The molecule has 1 saturated heterocycles. The summed E-state index contributed by atoms with van der Waals surface area (Å²) in [6.07, 6.45) is 2.20. The molecule has 0 unspecified atom stereocenters. The number of ether oxygens (including phenoxy) is 3. The standard InChI is InChI=1S/C49H77N9O9S2/c1-15-30(6)39(35(65-13)26-36(59)58-25-19-22-34(58)41(66-14)31(7)44(61)52-32(8)40(60)33-20-17-16-18-21-33)56(11)46(63)37(28(2)3)53-45(62)38(29(4)5)57(12)48(64)67-27-49(9,10)69-68-47-54-42-43(55-47)51-24-23-50-42/h16-18,20-21,23-24,28-32,34-35,37-41,60H,15,19,22,25-27H2,1-14H3,(H,52,61)(H,53,62)(H,50,51,54,55)/t30-,31+,32+,34-,35+,37-,38-,39-,40+,41+/m0/s1. The van der Waals surface area contributed by atoms with Crippen LogP contribution in [0.5, 0.6) is 0 Å². The van der Waals surface area contributed by atoms with Crippen molar-refractivity contribution in [2.24, 2.45) is 23.7 Å². The number of aromatic amines is 1. The Morgan fingerprint density at radius 1 is 0.928 bits per heavy atom. The molecule has 0 radical (unpaired) electrons. The van der Waals surface area contributed by atoms with Crippen LogP contribution in [-0.4, -0.2) is 158 Å². The first-order valence-electron chi connectivity index (χ1n) is 23.9. The lowest BCUT2D eigenvalue weighted by Crippen LogP contribution is -2.60. The van der Waals surface area contributed by atoms with E-state index in [9.17, 15) is 29.1 Å². The summed E-state index contributed by atoms with van der Waals surface area (Å²) in [7, 11) is 9.10. The number of amides is 5. The number of carbonyl (C=O) groups is 5. The Labute approximate surface area is 416 Å². The Hall–Kier alpha value is -4.50. The third-order valence-electron chi connectivity index (χ3n) is 13.1. The molecule has 0 saturated carbocycles. The molecule has 5 amide bonds. The topological polar surface area (TPSA) is 222 Å². The van der Waals surface area contributed by atoms with E-state index >= 15 is 0 Å². The minimum Gasteiger partial charge on any atom is -0.448 e. The fraction of sp³-hybridized carbons (Fsp3) is 0.673. The zero-order chi connectivity index (χ0) is 51.3. The van der Waals surface area contributed by atoms with Crippen molar-refractivity contribution in [3.8, 4) is 0 Å². The van der Waals surface area contributed by atoms with Crippen LogP contribution in [0.2, 0.25) is 0 Å². The van der Waals surface area contributed by atoms with Crippen LogP contribution in [0.1, 0.15) is 107 Å². The molecule has 69 heavy (non-hydrogen) atoms. The summed E-state index contributed by atoms with van der Waals surface area (Å²) in [5, 5.41) is 17.4. The Kier molecular flexibility index (Phi) is 21.6. The maximum atomic E-state index is 14.7. The fourth-order valence-electron chi connectivity index (χ4n) is 8.97. The van der Waals surface area contributed by atoms with Gasteiger partial charge in [0, 0.05) is 47.3 Å². The van der Waals surface area contributed by atoms with E-state index in [1.54, 1.807) is 55.2 Å². The third kappa shape index (κ3) is 15.0. The number of carbonyl (C=O) groups excluding carboxylic acids is 5.